The molecule has 4 aromatic rings. The molecule has 1 aliphatic heterocycles. The number of anilines is 1. The smallest absolute Gasteiger partial charge is 0.256 e. The van der Waals surface area contributed by atoms with Crippen molar-refractivity contribution in [1.82, 2.24) is 0 Å². The number of hydrogen-bond donors (Lipinski definition) is 0. The van der Waals surface area contributed by atoms with E-state index in [0.717, 1.165) is 24.2 Å². The highest BCUT2D eigenvalue weighted by Gasteiger charge is 2.44. The summed E-state index contributed by atoms with van der Waals surface area (Å²) >= 11 is 0. The van der Waals surface area contributed by atoms with E-state index in [9.17, 15) is 4.79 Å². The summed E-state index contributed by atoms with van der Waals surface area (Å²) in [5, 5.41) is 10.6. The fourth-order valence-corrected chi connectivity index (χ4v) is 10.7. The zero-order valence-corrected chi connectivity index (χ0v) is 25.8. The van der Waals surface area contributed by atoms with E-state index in [1.54, 1.807) is 5.01 Å². The first-order valence-electron chi connectivity index (χ1n) is 15.7. The number of rotatable bonds is 15. The Balaban J connectivity index is 1.07. The maximum Gasteiger partial charge on any atom is 0.256 e. The molecule has 0 aliphatic carbocycles. The molecule has 0 N–H and O–H groups in total. The Morgan fingerprint density at radius 1 is 0.571 bits per heavy atom. The predicted octanol–water partition coefficient (Wildman–Crippen LogP) is 8.53. The molecule has 0 fully saturated rings. The van der Waals surface area contributed by atoms with E-state index in [2.05, 4.69) is 96.1 Å². The van der Waals surface area contributed by atoms with Crippen molar-refractivity contribution in [3.8, 4) is 0 Å². The molecular formula is C38H44N2OP+. The number of hydrogen-bond acceptors (Lipinski definition) is 2. The van der Waals surface area contributed by atoms with Crippen molar-refractivity contribution in [3.05, 3.63) is 121 Å². The van der Waals surface area contributed by atoms with Gasteiger partial charge in [0.15, 0.2) is 0 Å². The lowest BCUT2D eigenvalue weighted by Crippen LogP contribution is -2.33. The van der Waals surface area contributed by atoms with Crippen LogP contribution in [0.2, 0.25) is 0 Å². The lowest BCUT2D eigenvalue weighted by atomic mass is 9.96. The van der Waals surface area contributed by atoms with Crippen molar-refractivity contribution >= 4 is 40.5 Å². The molecule has 3 nitrogen and oxygen atoms in total. The molecule has 1 aliphatic rings. The van der Waals surface area contributed by atoms with Gasteiger partial charge in [-0.3, -0.25) is 4.79 Å². The molecule has 216 valence electrons. The van der Waals surface area contributed by atoms with Crippen LogP contribution in [0.25, 0.3) is 0 Å². The van der Waals surface area contributed by atoms with Crippen LogP contribution in [0, 0.1) is 5.92 Å². The Bertz CT molecular complexity index is 1310. The minimum absolute atomic E-state index is 0.0624. The quantitative estimate of drug-likeness (QED) is 0.103. The van der Waals surface area contributed by atoms with Crippen LogP contribution in [0.1, 0.15) is 64.7 Å². The SMILES string of the molecule is CC1=NN(c2ccccc2)C(=O)C1CCCCCCCCCC[P+](c1ccccc1)(c1ccccc1)c1ccccc1. The maximum absolute atomic E-state index is 12.9. The Kier molecular flexibility index (Phi) is 10.7. The van der Waals surface area contributed by atoms with Gasteiger partial charge in [-0.05, 0) is 74.7 Å². The van der Waals surface area contributed by atoms with Gasteiger partial charge in [0.1, 0.15) is 23.2 Å². The minimum atomic E-state index is -1.71. The second kappa shape index (κ2) is 15.1. The van der Waals surface area contributed by atoms with Gasteiger partial charge in [0, 0.05) is 5.71 Å². The van der Waals surface area contributed by atoms with Crippen LogP contribution in [0.3, 0.4) is 0 Å². The maximum atomic E-state index is 12.9. The van der Waals surface area contributed by atoms with E-state index < -0.39 is 7.26 Å². The topological polar surface area (TPSA) is 32.7 Å². The number of unbranched alkanes of at least 4 members (excludes halogenated alkanes) is 7. The zero-order valence-electron chi connectivity index (χ0n) is 24.9. The van der Waals surface area contributed by atoms with E-state index in [-0.39, 0.29) is 11.8 Å². The monoisotopic (exact) mass is 575 g/mol. The van der Waals surface area contributed by atoms with Gasteiger partial charge in [0.2, 0.25) is 0 Å². The number of amides is 1. The van der Waals surface area contributed by atoms with Gasteiger partial charge in [-0.1, -0.05) is 111 Å². The molecular weight excluding hydrogens is 531 g/mol. The molecule has 0 bridgehead atoms. The molecule has 0 aromatic heterocycles. The van der Waals surface area contributed by atoms with Crippen molar-refractivity contribution in [2.45, 2.75) is 64.7 Å². The van der Waals surface area contributed by atoms with Gasteiger partial charge in [0.05, 0.1) is 17.8 Å². The Hall–Kier alpha value is -3.55. The van der Waals surface area contributed by atoms with Crippen molar-refractivity contribution < 1.29 is 4.79 Å². The largest absolute Gasteiger partial charge is 0.272 e. The first-order chi connectivity index (χ1) is 20.7. The standard InChI is InChI=1S/C38H44N2OP/c1-32-37(38(41)40(39-32)33-22-12-8-13-23-33)30-20-6-4-2-3-5-7-21-31-42(34-24-14-9-15-25-34,35-26-16-10-17-27-35)36-28-18-11-19-29-36/h8-19,22-29,37H,2-7,20-21,30-31H2,1H3/q+1. The molecule has 1 heterocycles. The molecule has 0 radical (unpaired) electrons. The van der Waals surface area contributed by atoms with Crippen molar-refractivity contribution in [1.29, 1.82) is 0 Å². The highest BCUT2D eigenvalue weighted by Crippen LogP contribution is 2.56. The summed E-state index contributed by atoms with van der Waals surface area (Å²) in [4.78, 5) is 12.9. The van der Waals surface area contributed by atoms with Gasteiger partial charge in [-0.2, -0.15) is 5.10 Å². The summed E-state index contributed by atoms with van der Waals surface area (Å²) in [6.07, 6.45) is 12.0. The van der Waals surface area contributed by atoms with Crippen LogP contribution in [-0.2, 0) is 4.79 Å². The fourth-order valence-electron chi connectivity index (χ4n) is 6.33. The van der Waals surface area contributed by atoms with Gasteiger partial charge >= 0.3 is 0 Å². The Morgan fingerprint density at radius 2 is 0.976 bits per heavy atom. The highest BCUT2D eigenvalue weighted by atomic mass is 31.2. The fraction of sp³-hybridized carbons (Fsp3) is 0.316. The number of carbonyl (C=O) groups is 1. The van der Waals surface area contributed by atoms with E-state index in [1.165, 1.54) is 67.0 Å². The lowest BCUT2D eigenvalue weighted by molar-refractivity contribution is -0.119. The van der Waals surface area contributed by atoms with Crippen LogP contribution in [0.5, 0.6) is 0 Å². The summed E-state index contributed by atoms with van der Waals surface area (Å²) in [7, 11) is -1.71. The van der Waals surface area contributed by atoms with Crippen molar-refractivity contribution in [2.75, 3.05) is 11.2 Å². The predicted molar refractivity (Wildman–Crippen MR) is 182 cm³/mol. The summed E-state index contributed by atoms with van der Waals surface area (Å²) < 4.78 is 0. The molecule has 0 saturated heterocycles. The molecule has 0 spiro atoms. The van der Waals surface area contributed by atoms with Gasteiger partial charge in [-0.25, -0.2) is 5.01 Å². The normalized spacial score (nSPS) is 15.2. The van der Waals surface area contributed by atoms with Gasteiger partial charge in [0.25, 0.3) is 5.91 Å². The third-order valence-corrected chi connectivity index (χ3v) is 13.1. The average Bonchev–Trinajstić information content (AvgIpc) is 3.34. The Labute approximate surface area is 253 Å². The zero-order chi connectivity index (χ0) is 29.0. The second-order valence-electron chi connectivity index (χ2n) is 11.4. The minimum Gasteiger partial charge on any atom is -0.272 e. The van der Waals surface area contributed by atoms with E-state index in [1.807, 2.05) is 37.3 Å². The summed E-state index contributed by atoms with van der Waals surface area (Å²) in [5.41, 5.74) is 1.81. The van der Waals surface area contributed by atoms with Crippen LogP contribution in [0.4, 0.5) is 5.69 Å². The van der Waals surface area contributed by atoms with Crippen LogP contribution >= 0.6 is 7.26 Å². The molecule has 1 unspecified atom stereocenters. The van der Waals surface area contributed by atoms with Crippen LogP contribution in [-0.4, -0.2) is 17.8 Å². The number of carbonyl (C=O) groups excluding carboxylic acids is 1. The van der Waals surface area contributed by atoms with E-state index in [4.69, 9.17) is 0 Å². The summed E-state index contributed by atoms with van der Waals surface area (Å²) in [6, 6.07) is 43.4. The lowest BCUT2D eigenvalue weighted by Gasteiger charge is -2.27. The molecule has 4 aromatic carbocycles. The molecule has 1 amide bonds. The van der Waals surface area contributed by atoms with E-state index >= 15 is 0 Å². The molecule has 5 rings (SSSR count). The van der Waals surface area contributed by atoms with Crippen LogP contribution in [0.15, 0.2) is 126 Å². The third-order valence-electron chi connectivity index (χ3n) is 8.60. The van der Waals surface area contributed by atoms with Crippen molar-refractivity contribution in [3.63, 3.8) is 0 Å². The molecule has 1 atom stereocenters. The average molecular weight is 576 g/mol. The number of nitrogens with zero attached hydrogens (tertiary/aromatic N) is 2. The van der Waals surface area contributed by atoms with Crippen molar-refractivity contribution in [2.24, 2.45) is 11.0 Å². The third kappa shape index (κ3) is 7.08. The highest BCUT2D eigenvalue weighted by molar-refractivity contribution is 7.95. The molecule has 4 heteroatoms. The number of benzene rings is 4. The second-order valence-corrected chi connectivity index (χ2v) is 15.1. The summed E-state index contributed by atoms with van der Waals surface area (Å²) in [6.45, 7) is 2.00. The van der Waals surface area contributed by atoms with Gasteiger partial charge in [-0.15, -0.1) is 0 Å². The van der Waals surface area contributed by atoms with Gasteiger partial charge < -0.3 is 0 Å². The number of hydrazone groups is 1. The first kappa shape index (κ1) is 29.9. The molecule has 0 saturated carbocycles. The number of para-hydroxylation sites is 1. The summed E-state index contributed by atoms with van der Waals surface area (Å²) in [5.74, 6) is 0.0618. The van der Waals surface area contributed by atoms with E-state index in [0.29, 0.717) is 0 Å². The molecule has 42 heavy (non-hydrogen) atoms. The first-order valence-corrected chi connectivity index (χ1v) is 17.7. The Morgan fingerprint density at radius 3 is 1.45 bits per heavy atom. The van der Waals surface area contributed by atoms with Crippen LogP contribution < -0.4 is 20.9 Å².